The van der Waals surface area contributed by atoms with Crippen LogP contribution in [-0.4, -0.2) is 29.3 Å². The normalized spacial score (nSPS) is 10.7. The average Bonchev–Trinajstić information content (AvgIpc) is 2.63. The van der Waals surface area contributed by atoms with E-state index in [-0.39, 0.29) is 36.5 Å². The molecule has 0 heterocycles. The van der Waals surface area contributed by atoms with Gasteiger partial charge in [0, 0.05) is 44.2 Å². The summed E-state index contributed by atoms with van der Waals surface area (Å²) in [5, 5.41) is 0. The van der Waals surface area contributed by atoms with Gasteiger partial charge in [-0.05, 0) is 31.5 Å². The van der Waals surface area contributed by atoms with Crippen LogP contribution < -0.4 is 4.90 Å². The van der Waals surface area contributed by atoms with Crippen molar-refractivity contribution in [3.8, 4) is 0 Å². The predicted octanol–water partition coefficient (Wildman–Crippen LogP) is 4.15. The van der Waals surface area contributed by atoms with Gasteiger partial charge in [0.25, 0.3) is 0 Å². The van der Waals surface area contributed by atoms with E-state index in [9.17, 15) is 18.4 Å². The van der Waals surface area contributed by atoms with E-state index in [0.717, 1.165) is 17.7 Å². The largest absolute Gasteiger partial charge is 0.336 e. The number of hydrogen-bond acceptors (Lipinski definition) is 2. The lowest BCUT2D eigenvalue weighted by atomic mass is 10.1. The summed E-state index contributed by atoms with van der Waals surface area (Å²) in [6.07, 6.45) is 0.0869. The number of benzene rings is 2. The van der Waals surface area contributed by atoms with Crippen LogP contribution in [0.4, 0.5) is 14.5 Å². The lowest BCUT2D eigenvalue weighted by Gasteiger charge is -2.28. The third-order valence-corrected chi connectivity index (χ3v) is 4.28. The highest BCUT2D eigenvalue weighted by molar-refractivity contribution is 5.92. The molecule has 2 aromatic rings. The van der Waals surface area contributed by atoms with Gasteiger partial charge >= 0.3 is 0 Å². The van der Waals surface area contributed by atoms with Crippen LogP contribution in [0.1, 0.15) is 32.8 Å². The molecule has 0 N–H and O–H groups in total. The Balaban J connectivity index is 2.09. The van der Waals surface area contributed by atoms with Crippen molar-refractivity contribution in [3.05, 3.63) is 65.7 Å². The van der Waals surface area contributed by atoms with Gasteiger partial charge < -0.3 is 9.80 Å². The van der Waals surface area contributed by atoms with Crippen molar-refractivity contribution in [2.45, 2.75) is 39.8 Å². The second kappa shape index (κ2) is 9.26. The van der Waals surface area contributed by atoms with Crippen LogP contribution in [0.25, 0.3) is 0 Å². The first-order valence-electron chi connectivity index (χ1n) is 8.86. The number of nitrogens with zero attached hydrogens (tertiary/aromatic N) is 2. The van der Waals surface area contributed by atoms with E-state index in [1.165, 1.54) is 17.9 Å². The third-order valence-electron chi connectivity index (χ3n) is 4.28. The van der Waals surface area contributed by atoms with Crippen LogP contribution in [0.2, 0.25) is 0 Å². The molecule has 0 aliphatic rings. The summed E-state index contributed by atoms with van der Waals surface area (Å²) in [5.41, 5.74) is 1.25. The highest BCUT2D eigenvalue weighted by Gasteiger charge is 2.20. The molecule has 0 aliphatic heterocycles. The number of anilines is 1. The van der Waals surface area contributed by atoms with E-state index in [0.29, 0.717) is 6.54 Å². The highest BCUT2D eigenvalue weighted by atomic mass is 19.2. The van der Waals surface area contributed by atoms with Gasteiger partial charge in [0.1, 0.15) is 0 Å². The summed E-state index contributed by atoms with van der Waals surface area (Å²) in [4.78, 5) is 27.7. The second-order valence-corrected chi connectivity index (χ2v) is 6.62. The summed E-state index contributed by atoms with van der Waals surface area (Å²) in [6, 6.07) is 12.9. The Morgan fingerprint density at radius 3 is 2.22 bits per heavy atom. The molecule has 0 spiro atoms. The van der Waals surface area contributed by atoms with Crippen molar-refractivity contribution in [2.24, 2.45) is 0 Å². The second-order valence-electron chi connectivity index (χ2n) is 6.62. The Hall–Kier alpha value is -2.76. The molecular formula is C21H24F2N2O2. The lowest BCUT2D eigenvalue weighted by molar-refractivity contribution is -0.133. The van der Waals surface area contributed by atoms with Gasteiger partial charge in [-0.2, -0.15) is 0 Å². The topological polar surface area (TPSA) is 40.6 Å². The fraction of sp³-hybridized carbons (Fsp3) is 0.333. The van der Waals surface area contributed by atoms with E-state index in [4.69, 9.17) is 0 Å². The van der Waals surface area contributed by atoms with Crippen LogP contribution in [0.15, 0.2) is 48.5 Å². The fourth-order valence-electron chi connectivity index (χ4n) is 2.81. The summed E-state index contributed by atoms with van der Waals surface area (Å²) in [5.74, 6) is -2.46. The molecule has 2 aromatic carbocycles. The molecule has 2 amide bonds. The summed E-state index contributed by atoms with van der Waals surface area (Å²) >= 11 is 0. The molecular weight excluding hydrogens is 350 g/mol. The van der Waals surface area contributed by atoms with Crippen molar-refractivity contribution in [1.29, 1.82) is 0 Å². The minimum absolute atomic E-state index is 0.00764. The van der Waals surface area contributed by atoms with Crippen LogP contribution in [0, 0.1) is 11.6 Å². The summed E-state index contributed by atoms with van der Waals surface area (Å²) in [6.45, 7) is 5.76. The van der Waals surface area contributed by atoms with Gasteiger partial charge in [0.05, 0.1) is 0 Å². The van der Waals surface area contributed by atoms with Gasteiger partial charge in [0.2, 0.25) is 11.8 Å². The van der Waals surface area contributed by atoms with Crippen molar-refractivity contribution >= 4 is 17.5 Å². The maximum absolute atomic E-state index is 13.5. The molecule has 2 rings (SSSR count). The Bertz CT molecular complexity index is 794. The zero-order valence-electron chi connectivity index (χ0n) is 15.8. The molecule has 0 saturated carbocycles. The lowest BCUT2D eigenvalue weighted by Crippen LogP contribution is -2.39. The van der Waals surface area contributed by atoms with Crippen molar-refractivity contribution < 1.29 is 18.4 Å². The van der Waals surface area contributed by atoms with E-state index < -0.39 is 11.6 Å². The van der Waals surface area contributed by atoms with Crippen molar-refractivity contribution in [3.63, 3.8) is 0 Å². The molecule has 0 bridgehead atoms. The Morgan fingerprint density at radius 1 is 1.00 bits per heavy atom. The Kier molecular flexibility index (Phi) is 7.05. The van der Waals surface area contributed by atoms with Crippen LogP contribution in [-0.2, 0) is 16.1 Å². The molecule has 144 valence electrons. The molecule has 0 radical (unpaired) electrons. The minimum atomic E-state index is -1.03. The van der Waals surface area contributed by atoms with Gasteiger partial charge in [-0.3, -0.25) is 9.59 Å². The number of halogens is 2. The van der Waals surface area contributed by atoms with Gasteiger partial charge in [0.15, 0.2) is 11.6 Å². The van der Waals surface area contributed by atoms with E-state index in [1.807, 2.05) is 44.2 Å². The molecule has 0 unspecified atom stereocenters. The average molecular weight is 374 g/mol. The summed E-state index contributed by atoms with van der Waals surface area (Å²) < 4.78 is 26.6. The zero-order chi connectivity index (χ0) is 20.0. The molecule has 0 aliphatic carbocycles. The third kappa shape index (κ3) is 5.61. The maximum Gasteiger partial charge on any atom is 0.224 e. The number of rotatable bonds is 7. The number of amides is 2. The number of hydrogen-bond donors (Lipinski definition) is 0. The van der Waals surface area contributed by atoms with Gasteiger partial charge in [-0.25, -0.2) is 8.78 Å². The van der Waals surface area contributed by atoms with Crippen molar-refractivity contribution in [1.82, 2.24) is 4.90 Å². The maximum atomic E-state index is 13.5. The van der Waals surface area contributed by atoms with E-state index in [2.05, 4.69) is 0 Å². The standard InChI is InChI=1S/C21H24F2N2O2/c1-15(2)25(14-17-7-5-4-6-8-17)21(27)11-12-24(16(3)26)18-9-10-19(22)20(23)13-18/h4-10,13,15H,11-12,14H2,1-3H3. The van der Waals surface area contributed by atoms with E-state index >= 15 is 0 Å². The first-order chi connectivity index (χ1) is 12.8. The van der Waals surface area contributed by atoms with Gasteiger partial charge in [-0.1, -0.05) is 30.3 Å². The number of carbonyl (C=O) groups is 2. The Labute approximate surface area is 158 Å². The minimum Gasteiger partial charge on any atom is -0.336 e. The fourth-order valence-corrected chi connectivity index (χ4v) is 2.81. The monoisotopic (exact) mass is 374 g/mol. The quantitative estimate of drug-likeness (QED) is 0.731. The molecule has 0 saturated heterocycles. The SMILES string of the molecule is CC(=O)N(CCC(=O)N(Cc1ccccc1)C(C)C)c1ccc(F)c(F)c1. The first-order valence-corrected chi connectivity index (χ1v) is 8.86. The van der Waals surface area contributed by atoms with Crippen LogP contribution in [0.5, 0.6) is 0 Å². The molecule has 6 heteroatoms. The molecule has 27 heavy (non-hydrogen) atoms. The Morgan fingerprint density at radius 2 is 1.67 bits per heavy atom. The zero-order valence-corrected chi connectivity index (χ0v) is 15.8. The van der Waals surface area contributed by atoms with Gasteiger partial charge in [-0.15, -0.1) is 0 Å². The summed E-state index contributed by atoms with van der Waals surface area (Å²) in [7, 11) is 0. The molecule has 0 fully saturated rings. The molecule has 0 atom stereocenters. The number of carbonyl (C=O) groups excluding carboxylic acids is 2. The van der Waals surface area contributed by atoms with Crippen LogP contribution >= 0.6 is 0 Å². The highest BCUT2D eigenvalue weighted by Crippen LogP contribution is 2.19. The molecule has 4 nitrogen and oxygen atoms in total. The first kappa shape index (κ1) is 20.6. The van der Waals surface area contributed by atoms with Crippen LogP contribution in [0.3, 0.4) is 0 Å². The van der Waals surface area contributed by atoms with E-state index in [1.54, 1.807) is 4.90 Å². The molecule has 0 aromatic heterocycles. The predicted molar refractivity (Wildman–Crippen MR) is 101 cm³/mol. The smallest absolute Gasteiger partial charge is 0.224 e. The van der Waals surface area contributed by atoms with Crippen molar-refractivity contribution in [2.75, 3.05) is 11.4 Å².